The standard InChI is InChI=1S/C33H29F3N6O3/c34-33(35,36)32-38-26-4-2-6-28(30(26)40-32)44-20-19-41-15-17-42(18-16-41)27-5-1-3-25-29(27)39-31(37-25)21-7-11-23(12-8-21)45-24-13-9-22(43)10-14-24/h1-14,43H,15-20H2,(H,37,39)(H,38,40). The van der Waals surface area contributed by atoms with Gasteiger partial charge in [0.15, 0.2) is 0 Å². The lowest BCUT2D eigenvalue weighted by molar-refractivity contribution is -0.144. The summed E-state index contributed by atoms with van der Waals surface area (Å²) in [4.78, 5) is 19.0. The minimum atomic E-state index is -4.55. The van der Waals surface area contributed by atoms with Gasteiger partial charge in [-0.3, -0.25) is 4.90 Å². The lowest BCUT2D eigenvalue weighted by Crippen LogP contribution is -2.47. The summed E-state index contributed by atoms with van der Waals surface area (Å²) >= 11 is 0. The Bertz CT molecular complexity index is 1930. The Balaban J connectivity index is 0.969. The Kier molecular flexibility index (Phi) is 7.42. The number of fused-ring (bicyclic) bond motifs is 2. The molecule has 0 spiro atoms. The number of hydrogen-bond acceptors (Lipinski definition) is 7. The Labute approximate surface area is 255 Å². The maximum atomic E-state index is 13.1. The molecule has 45 heavy (non-hydrogen) atoms. The van der Waals surface area contributed by atoms with E-state index < -0.39 is 12.0 Å². The van der Waals surface area contributed by atoms with Crippen LogP contribution >= 0.6 is 0 Å². The predicted molar refractivity (Wildman–Crippen MR) is 165 cm³/mol. The molecule has 1 aliphatic heterocycles. The van der Waals surface area contributed by atoms with Gasteiger partial charge in [0.05, 0.1) is 16.7 Å². The lowest BCUT2D eigenvalue weighted by atomic mass is 10.2. The number of nitrogens with one attached hydrogen (secondary N) is 2. The van der Waals surface area contributed by atoms with E-state index in [0.29, 0.717) is 35.9 Å². The van der Waals surface area contributed by atoms with E-state index >= 15 is 0 Å². The van der Waals surface area contributed by atoms with Gasteiger partial charge in [0.1, 0.15) is 46.5 Å². The molecule has 3 N–H and O–H groups in total. The number of nitrogens with zero attached hydrogens (tertiary/aromatic N) is 4. The van der Waals surface area contributed by atoms with Crippen LogP contribution in [0.1, 0.15) is 5.82 Å². The molecular formula is C33H29F3N6O3. The van der Waals surface area contributed by atoms with Crippen LogP contribution in [-0.2, 0) is 6.18 Å². The van der Waals surface area contributed by atoms with E-state index in [0.717, 1.165) is 54.3 Å². The van der Waals surface area contributed by atoms with E-state index in [4.69, 9.17) is 14.5 Å². The number of alkyl halides is 3. The van der Waals surface area contributed by atoms with Gasteiger partial charge in [-0.05, 0) is 72.8 Å². The van der Waals surface area contributed by atoms with Gasteiger partial charge in [-0.2, -0.15) is 13.2 Å². The lowest BCUT2D eigenvalue weighted by Gasteiger charge is -2.36. The number of phenolic OH excluding ortho intramolecular Hbond substituents is 1. The summed E-state index contributed by atoms with van der Waals surface area (Å²) in [5, 5.41) is 9.47. The predicted octanol–water partition coefficient (Wildman–Crippen LogP) is 6.82. The number of phenols is 1. The molecule has 0 radical (unpaired) electrons. The van der Waals surface area contributed by atoms with Crippen molar-refractivity contribution >= 4 is 27.8 Å². The van der Waals surface area contributed by atoms with Crippen LogP contribution in [0.2, 0.25) is 0 Å². The fraction of sp³-hybridized carbons (Fsp3) is 0.212. The zero-order chi connectivity index (χ0) is 31.0. The number of piperazine rings is 1. The van der Waals surface area contributed by atoms with Crippen molar-refractivity contribution in [2.45, 2.75) is 6.18 Å². The van der Waals surface area contributed by atoms with E-state index in [9.17, 15) is 18.3 Å². The van der Waals surface area contributed by atoms with Crippen molar-refractivity contribution in [3.8, 4) is 34.4 Å². The van der Waals surface area contributed by atoms with Gasteiger partial charge >= 0.3 is 6.18 Å². The number of imidazole rings is 2. The molecule has 2 aromatic heterocycles. The van der Waals surface area contributed by atoms with Crippen LogP contribution in [-0.4, -0.2) is 69.3 Å². The van der Waals surface area contributed by atoms with Crippen molar-refractivity contribution in [1.82, 2.24) is 24.8 Å². The summed E-state index contributed by atoms with van der Waals surface area (Å²) in [6.45, 7) is 4.20. The first-order valence-corrected chi connectivity index (χ1v) is 14.5. The molecule has 12 heteroatoms. The third kappa shape index (κ3) is 6.09. The van der Waals surface area contributed by atoms with Crippen LogP contribution in [0.4, 0.5) is 18.9 Å². The molecule has 0 bridgehead atoms. The fourth-order valence-electron chi connectivity index (χ4n) is 5.49. The highest BCUT2D eigenvalue weighted by Crippen LogP contribution is 2.33. The summed E-state index contributed by atoms with van der Waals surface area (Å²) in [6, 6.07) is 25.2. The maximum absolute atomic E-state index is 13.1. The molecule has 0 atom stereocenters. The largest absolute Gasteiger partial charge is 0.508 e. The molecule has 1 saturated heterocycles. The fourth-order valence-corrected chi connectivity index (χ4v) is 5.49. The molecule has 9 nitrogen and oxygen atoms in total. The van der Waals surface area contributed by atoms with Crippen molar-refractivity contribution < 1.29 is 27.8 Å². The number of hydrogen-bond donors (Lipinski definition) is 3. The molecule has 4 aromatic carbocycles. The van der Waals surface area contributed by atoms with E-state index in [1.807, 2.05) is 36.4 Å². The van der Waals surface area contributed by atoms with Crippen molar-refractivity contribution in [3.63, 3.8) is 0 Å². The minimum absolute atomic E-state index is 0.180. The summed E-state index contributed by atoms with van der Waals surface area (Å²) in [5.41, 5.74) is 4.31. The van der Waals surface area contributed by atoms with Gasteiger partial charge in [0.2, 0.25) is 5.82 Å². The van der Waals surface area contributed by atoms with Crippen molar-refractivity contribution in [3.05, 3.63) is 90.8 Å². The average Bonchev–Trinajstić information content (AvgIpc) is 3.69. The maximum Gasteiger partial charge on any atom is 0.449 e. The molecule has 0 aliphatic carbocycles. The third-order valence-electron chi connectivity index (χ3n) is 7.81. The first-order chi connectivity index (χ1) is 21.8. The van der Waals surface area contributed by atoms with Crippen molar-refractivity contribution in [1.29, 1.82) is 0 Å². The second-order valence-electron chi connectivity index (χ2n) is 10.8. The van der Waals surface area contributed by atoms with Gasteiger partial charge in [0, 0.05) is 38.3 Å². The number of ether oxygens (including phenoxy) is 2. The third-order valence-corrected chi connectivity index (χ3v) is 7.81. The Hall–Kier alpha value is -5.23. The summed E-state index contributed by atoms with van der Waals surface area (Å²) in [5.74, 6) is 1.56. The number of aromatic nitrogens is 4. The molecule has 7 rings (SSSR count). The van der Waals surface area contributed by atoms with Gasteiger partial charge in [-0.1, -0.05) is 12.1 Å². The monoisotopic (exact) mass is 614 g/mol. The number of H-pyrrole nitrogens is 2. The number of aromatic amines is 2. The topological polar surface area (TPSA) is 103 Å². The highest BCUT2D eigenvalue weighted by molar-refractivity contribution is 5.91. The first kappa shape index (κ1) is 28.5. The SMILES string of the molecule is Oc1ccc(Oc2ccc(-c3nc4c(N5CCN(CCOc6cccc7[nH]c(C(F)(F)F)nc67)CC5)cccc4[nH]3)cc2)cc1. The zero-order valence-corrected chi connectivity index (χ0v) is 24.0. The molecular weight excluding hydrogens is 585 g/mol. The second kappa shape index (κ2) is 11.7. The van der Waals surface area contributed by atoms with Crippen molar-refractivity contribution in [2.75, 3.05) is 44.2 Å². The molecule has 1 fully saturated rings. The number of rotatable bonds is 8. The molecule has 6 aromatic rings. The van der Waals surface area contributed by atoms with E-state index in [1.165, 1.54) is 0 Å². The molecule has 0 unspecified atom stereocenters. The van der Waals surface area contributed by atoms with E-state index in [-0.39, 0.29) is 11.3 Å². The number of halogens is 3. The van der Waals surface area contributed by atoms with Crippen LogP contribution in [0.25, 0.3) is 33.5 Å². The highest BCUT2D eigenvalue weighted by atomic mass is 19.4. The quantitative estimate of drug-likeness (QED) is 0.173. The Morgan fingerprint density at radius 1 is 0.756 bits per heavy atom. The van der Waals surface area contributed by atoms with E-state index in [1.54, 1.807) is 42.5 Å². The smallest absolute Gasteiger partial charge is 0.449 e. The van der Waals surface area contributed by atoms with Gasteiger partial charge in [-0.25, -0.2) is 9.97 Å². The first-order valence-electron chi connectivity index (χ1n) is 14.5. The summed E-state index contributed by atoms with van der Waals surface area (Å²) in [6.07, 6.45) is -4.55. The van der Waals surface area contributed by atoms with Gasteiger partial charge in [-0.15, -0.1) is 0 Å². The Morgan fingerprint density at radius 3 is 2.13 bits per heavy atom. The van der Waals surface area contributed by atoms with Crippen LogP contribution < -0.4 is 14.4 Å². The van der Waals surface area contributed by atoms with Gasteiger partial charge in [0.25, 0.3) is 0 Å². The van der Waals surface area contributed by atoms with Crippen LogP contribution in [0.15, 0.2) is 84.9 Å². The van der Waals surface area contributed by atoms with Crippen LogP contribution in [0, 0.1) is 0 Å². The zero-order valence-electron chi connectivity index (χ0n) is 24.0. The molecule has 3 heterocycles. The second-order valence-corrected chi connectivity index (χ2v) is 10.8. The van der Waals surface area contributed by atoms with Crippen LogP contribution in [0.5, 0.6) is 23.0 Å². The molecule has 230 valence electrons. The highest BCUT2D eigenvalue weighted by Gasteiger charge is 2.35. The minimum Gasteiger partial charge on any atom is -0.508 e. The normalized spacial score (nSPS) is 14.3. The molecule has 1 aliphatic rings. The average molecular weight is 615 g/mol. The Morgan fingerprint density at radius 2 is 1.42 bits per heavy atom. The van der Waals surface area contributed by atoms with Crippen LogP contribution in [0.3, 0.4) is 0 Å². The van der Waals surface area contributed by atoms with Crippen molar-refractivity contribution in [2.24, 2.45) is 0 Å². The number of para-hydroxylation sites is 2. The molecule has 0 amide bonds. The van der Waals surface area contributed by atoms with E-state index in [2.05, 4.69) is 30.8 Å². The number of benzene rings is 4. The number of aromatic hydroxyl groups is 1. The number of anilines is 1. The molecule has 0 saturated carbocycles. The summed E-state index contributed by atoms with van der Waals surface area (Å²) < 4.78 is 51.0. The summed E-state index contributed by atoms with van der Waals surface area (Å²) in [7, 11) is 0. The van der Waals surface area contributed by atoms with Gasteiger partial charge < -0.3 is 29.4 Å².